The van der Waals surface area contributed by atoms with E-state index in [1.165, 1.54) is 0 Å². The molecule has 1 amide bonds. The normalized spacial score (nSPS) is 12.4. The van der Waals surface area contributed by atoms with Gasteiger partial charge in [0, 0.05) is 13.1 Å². The number of hydrogen-bond acceptors (Lipinski definition) is 3. The molecule has 7 heteroatoms. The van der Waals surface area contributed by atoms with Crippen LogP contribution in [0.5, 0.6) is 0 Å². The highest BCUT2D eigenvalue weighted by molar-refractivity contribution is 5.67. The molecule has 0 aromatic carbocycles. The van der Waals surface area contributed by atoms with E-state index >= 15 is 0 Å². The lowest BCUT2D eigenvalue weighted by atomic mass is 10.1. The first-order valence-electron chi connectivity index (χ1n) is 3.94. The minimum atomic E-state index is -4.59. The molecular weight excluding hydrogens is 201 g/mol. The van der Waals surface area contributed by atoms with Crippen LogP contribution in [0, 0.1) is 0 Å². The molecule has 0 saturated heterocycles. The van der Waals surface area contributed by atoms with Crippen molar-refractivity contribution in [2.75, 3.05) is 13.1 Å². The lowest BCUT2D eigenvalue weighted by Gasteiger charge is -2.27. The Morgan fingerprint density at radius 3 is 2.29 bits per heavy atom. The number of nitrogens with two attached hydrogens (primary N) is 1. The second-order valence-corrected chi connectivity index (χ2v) is 3.11. The molecule has 0 spiro atoms. The van der Waals surface area contributed by atoms with Crippen molar-refractivity contribution in [3.63, 3.8) is 0 Å². The summed E-state index contributed by atoms with van der Waals surface area (Å²) in [6.45, 7) is 1.76. The number of halogens is 3. The van der Waals surface area contributed by atoms with Gasteiger partial charge in [-0.2, -0.15) is 13.2 Å². The van der Waals surface area contributed by atoms with Crippen LogP contribution in [0.4, 0.5) is 18.0 Å². The molecule has 0 radical (unpaired) electrons. The summed E-state index contributed by atoms with van der Waals surface area (Å²) in [5.74, 6) is 0. The van der Waals surface area contributed by atoms with E-state index in [0.717, 1.165) is 13.8 Å². The molecule has 84 valence electrons. The van der Waals surface area contributed by atoms with Crippen molar-refractivity contribution in [3.05, 3.63) is 0 Å². The molecule has 0 aromatic heterocycles. The number of alkyl halides is 3. The van der Waals surface area contributed by atoms with E-state index in [-0.39, 0.29) is 13.1 Å². The molecule has 0 saturated carbocycles. The molecule has 0 aromatic rings. The number of carbonyl (C=O) groups excluding carboxylic acids is 1. The maximum Gasteiger partial charge on any atom is 0.427 e. The molecule has 4 nitrogen and oxygen atoms in total. The van der Waals surface area contributed by atoms with Crippen LogP contribution in [0.25, 0.3) is 0 Å². The van der Waals surface area contributed by atoms with Crippen LogP contribution < -0.4 is 11.1 Å². The molecule has 3 N–H and O–H groups in total. The summed E-state index contributed by atoms with van der Waals surface area (Å²) in [6, 6.07) is 0. The number of ether oxygens (including phenoxy) is 1. The molecule has 0 heterocycles. The molecule has 0 bridgehead atoms. The topological polar surface area (TPSA) is 64.3 Å². The first-order chi connectivity index (χ1) is 6.20. The van der Waals surface area contributed by atoms with Gasteiger partial charge in [0.2, 0.25) is 5.60 Å². The van der Waals surface area contributed by atoms with Crippen molar-refractivity contribution in [3.8, 4) is 0 Å². The zero-order valence-electron chi connectivity index (χ0n) is 7.94. The van der Waals surface area contributed by atoms with E-state index in [4.69, 9.17) is 5.73 Å². The largest absolute Gasteiger partial charge is 0.434 e. The van der Waals surface area contributed by atoms with E-state index < -0.39 is 17.9 Å². The molecule has 0 rings (SSSR count). The van der Waals surface area contributed by atoms with Gasteiger partial charge in [0.05, 0.1) is 0 Å². The second-order valence-electron chi connectivity index (χ2n) is 3.11. The quantitative estimate of drug-likeness (QED) is 0.737. The Bertz CT molecular complexity index is 204. The van der Waals surface area contributed by atoms with Gasteiger partial charge in [-0.3, -0.25) is 0 Å². The van der Waals surface area contributed by atoms with Crippen LogP contribution in [0.15, 0.2) is 0 Å². The van der Waals surface area contributed by atoms with Gasteiger partial charge in [-0.25, -0.2) is 4.79 Å². The summed E-state index contributed by atoms with van der Waals surface area (Å²) < 4.78 is 40.7. The molecule has 0 aliphatic heterocycles. The lowest BCUT2D eigenvalue weighted by molar-refractivity contribution is -0.243. The zero-order valence-corrected chi connectivity index (χ0v) is 7.94. The van der Waals surface area contributed by atoms with Gasteiger partial charge in [0.1, 0.15) is 0 Å². The van der Waals surface area contributed by atoms with Crippen LogP contribution in [-0.4, -0.2) is 31.0 Å². The highest BCUT2D eigenvalue weighted by Gasteiger charge is 2.50. The Kier molecular flexibility index (Phi) is 4.18. The summed E-state index contributed by atoms with van der Waals surface area (Å²) in [7, 11) is 0. The summed E-state index contributed by atoms with van der Waals surface area (Å²) in [6.07, 6.45) is -5.72. The van der Waals surface area contributed by atoms with Crippen molar-refractivity contribution in [1.82, 2.24) is 5.32 Å². The number of alkyl carbamates (subject to hydrolysis) is 1. The predicted octanol–water partition coefficient (Wildman–Crippen LogP) is 1.01. The fourth-order valence-electron chi connectivity index (χ4n) is 0.500. The minimum Gasteiger partial charge on any atom is -0.434 e. The average molecular weight is 214 g/mol. The third-order valence-electron chi connectivity index (χ3n) is 1.44. The maximum absolute atomic E-state index is 12.2. The second kappa shape index (κ2) is 4.50. The third-order valence-corrected chi connectivity index (χ3v) is 1.44. The van der Waals surface area contributed by atoms with Crippen molar-refractivity contribution in [2.45, 2.75) is 25.6 Å². The minimum absolute atomic E-state index is 0.0762. The van der Waals surface area contributed by atoms with Crippen molar-refractivity contribution in [2.24, 2.45) is 5.73 Å². The summed E-state index contributed by atoms with van der Waals surface area (Å²) in [5.41, 5.74) is 2.54. The molecule has 0 aliphatic carbocycles. The van der Waals surface area contributed by atoms with Gasteiger partial charge in [0.15, 0.2) is 0 Å². The summed E-state index contributed by atoms with van der Waals surface area (Å²) in [4.78, 5) is 10.8. The standard InChI is InChI=1S/C7H13F3N2O2/c1-6(2,7(8,9)10)14-5(13)12-4-3-11/h3-4,11H2,1-2H3,(H,12,13). The maximum atomic E-state index is 12.2. The fraction of sp³-hybridized carbons (Fsp3) is 0.857. The van der Waals surface area contributed by atoms with Crippen LogP contribution in [0.1, 0.15) is 13.8 Å². The third kappa shape index (κ3) is 3.82. The molecule has 0 fully saturated rings. The highest BCUT2D eigenvalue weighted by atomic mass is 19.4. The van der Waals surface area contributed by atoms with E-state index in [9.17, 15) is 18.0 Å². The molecule has 0 atom stereocenters. The van der Waals surface area contributed by atoms with E-state index in [1.54, 1.807) is 0 Å². The highest BCUT2D eigenvalue weighted by Crippen LogP contribution is 2.32. The molecule has 0 unspecified atom stereocenters. The van der Waals surface area contributed by atoms with Gasteiger partial charge < -0.3 is 15.8 Å². The number of hydrogen-bond donors (Lipinski definition) is 2. The lowest BCUT2D eigenvalue weighted by Crippen LogP contribution is -2.46. The first-order valence-corrected chi connectivity index (χ1v) is 3.94. The van der Waals surface area contributed by atoms with Crippen LogP contribution in [0.2, 0.25) is 0 Å². The monoisotopic (exact) mass is 214 g/mol. The Hall–Kier alpha value is -0.980. The Labute approximate surface area is 79.6 Å². The van der Waals surface area contributed by atoms with Gasteiger partial charge in [-0.1, -0.05) is 0 Å². The van der Waals surface area contributed by atoms with Gasteiger partial charge in [0.25, 0.3) is 0 Å². The zero-order chi connectivity index (χ0) is 11.4. The Morgan fingerprint density at radius 2 is 1.93 bits per heavy atom. The van der Waals surface area contributed by atoms with Crippen molar-refractivity contribution in [1.29, 1.82) is 0 Å². The van der Waals surface area contributed by atoms with Crippen molar-refractivity contribution >= 4 is 6.09 Å². The Morgan fingerprint density at radius 1 is 1.43 bits per heavy atom. The SMILES string of the molecule is CC(C)(OC(=O)NCCN)C(F)(F)F. The van der Waals surface area contributed by atoms with Gasteiger partial charge >= 0.3 is 12.3 Å². The average Bonchev–Trinajstić information content (AvgIpc) is 1.97. The predicted molar refractivity (Wildman–Crippen MR) is 43.7 cm³/mol. The number of amides is 1. The number of nitrogens with one attached hydrogen (secondary N) is 1. The summed E-state index contributed by atoms with van der Waals surface area (Å²) >= 11 is 0. The first kappa shape index (κ1) is 13.0. The number of carbonyl (C=O) groups is 1. The van der Waals surface area contributed by atoms with Gasteiger partial charge in [-0.05, 0) is 13.8 Å². The van der Waals surface area contributed by atoms with Crippen LogP contribution in [-0.2, 0) is 4.74 Å². The van der Waals surface area contributed by atoms with Crippen LogP contribution in [0.3, 0.4) is 0 Å². The molecule has 14 heavy (non-hydrogen) atoms. The molecular formula is C7H13F3N2O2. The van der Waals surface area contributed by atoms with Gasteiger partial charge in [-0.15, -0.1) is 0 Å². The van der Waals surface area contributed by atoms with E-state index in [2.05, 4.69) is 10.1 Å². The Balaban J connectivity index is 4.16. The fourth-order valence-corrected chi connectivity index (χ4v) is 0.500. The summed E-state index contributed by atoms with van der Waals surface area (Å²) in [5, 5.41) is 2.07. The van der Waals surface area contributed by atoms with E-state index in [0.29, 0.717) is 0 Å². The van der Waals surface area contributed by atoms with Crippen molar-refractivity contribution < 1.29 is 22.7 Å². The van der Waals surface area contributed by atoms with Crippen LogP contribution >= 0.6 is 0 Å². The van der Waals surface area contributed by atoms with E-state index in [1.807, 2.05) is 0 Å². The number of rotatable bonds is 3. The molecule has 0 aliphatic rings. The smallest absolute Gasteiger partial charge is 0.427 e.